The normalized spacial score (nSPS) is 25.8. The molecule has 3 aliphatic rings. The van der Waals surface area contributed by atoms with E-state index in [9.17, 15) is 9.59 Å². The van der Waals surface area contributed by atoms with E-state index in [0.717, 1.165) is 56.3 Å². The van der Waals surface area contributed by atoms with Crippen molar-refractivity contribution in [2.45, 2.75) is 33.1 Å². The van der Waals surface area contributed by atoms with Crippen LogP contribution in [-0.4, -0.2) is 65.9 Å². The fraction of sp³-hybridized carbons (Fsp3) is 0.560. The summed E-state index contributed by atoms with van der Waals surface area (Å²) in [7, 11) is 0. The molecule has 0 bridgehead atoms. The first kappa shape index (κ1) is 20.4. The highest BCUT2D eigenvalue weighted by atomic mass is 16.2. The summed E-state index contributed by atoms with van der Waals surface area (Å²) >= 11 is 0. The van der Waals surface area contributed by atoms with Crippen LogP contribution in [0.25, 0.3) is 10.9 Å². The van der Waals surface area contributed by atoms with Crippen LogP contribution >= 0.6 is 0 Å². The first-order valence-corrected chi connectivity index (χ1v) is 11.6. The predicted octanol–water partition coefficient (Wildman–Crippen LogP) is 2.94. The van der Waals surface area contributed by atoms with E-state index in [1.807, 2.05) is 41.3 Å². The van der Waals surface area contributed by atoms with Crippen molar-refractivity contribution in [2.75, 3.05) is 39.3 Å². The Bertz CT molecular complexity index is 1010. The van der Waals surface area contributed by atoms with Gasteiger partial charge in [-0.25, -0.2) is 4.98 Å². The van der Waals surface area contributed by atoms with Crippen LogP contribution in [0.15, 0.2) is 36.4 Å². The van der Waals surface area contributed by atoms with Crippen LogP contribution in [0.3, 0.4) is 0 Å². The molecule has 0 unspecified atom stereocenters. The molecule has 2 aromatic rings. The third-order valence-electron chi connectivity index (χ3n) is 7.76. The standard InChI is InChI=1S/C25H32N4O2/c1-18(2)15-28-16-24(25(17-28)9-12-26-23(25)31)10-13-29(14-11-24)22(30)21-8-7-19-5-3-4-6-20(19)27-21/h3-8,18H,9-17H2,1-2H3,(H,26,31)/t25-/m0/s1. The zero-order chi connectivity index (χ0) is 21.6. The van der Waals surface area contributed by atoms with Gasteiger partial charge in [-0.05, 0) is 37.3 Å². The lowest BCUT2D eigenvalue weighted by Gasteiger charge is -2.46. The molecule has 6 nitrogen and oxygen atoms in total. The Labute approximate surface area is 184 Å². The molecule has 0 saturated carbocycles. The molecule has 0 radical (unpaired) electrons. The quantitative estimate of drug-likeness (QED) is 0.829. The van der Waals surface area contributed by atoms with Gasteiger partial charge in [0.15, 0.2) is 0 Å². The highest BCUT2D eigenvalue weighted by Gasteiger charge is 2.63. The Kier molecular flexibility index (Phi) is 5.00. The van der Waals surface area contributed by atoms with E-state index >= 15 is 0 Å². The molecule has 1 aromatic carbocycles. The zero-order valence-corrected chi connectivity index (χ0v) is 18.6. The van der Waals surface area contributed by atoms with Crippen LogP contribution < -0.4 is 5.32 Å². The molecular weight excluding hydrogens is 388 g/mol. The number of fused-ring (bicyclic) bond motifs is 2. The lowest BCUT2D eigenvalue weighted by Crippen LogP contribution is -2.53. The number of hydrogen-bond acceptors (Lipinski definition) is 4. The molecule has 0 aliphatic carbocycles. The number of carbonyl (C=O) groups is 2. The van der Waals surface area contributed by atoms with Crippen molar-refractivity contribution in [3.05, 3.63) is 42.1 Å². The zero-order valence-electron chi connectivity index (χ0n) is 18.6. The number of pyridine rings is 1. The van der Waals surface area contributed by atoms with E-state index in [-0.39, 0.29) is 22.6 Å². The second-order valence-electron chi connectivity index (χ2n) is 10.1. The number of hydrogen-bond donors (Lipinski definition) is 1. The Balaban J connectivity index is 1.35. The smallest absolute Gasteiger partial charge is 0.272 e. The van der Waals surface area contributed by atoms with E-state index in [4.69, 9.17) is 0 Å². The second-order valence-corrected chi connectivity index (χ2v) is 10.1. The number of piperidine rings is 1. The van der Waals surface area contributed by atoms with Gasteiger partial charge in [-0.1, -0.05) is 38.1 Å². The summed E-state index contributed by atoms with van der Waals surface area (Å²) in [6.07, 6.45) is 2.68. The maximum Gasteiger partial charge on any atom is 0.272 e. The number of nitrogens with zero attached hydrogens (tertiary/aromatic N) is 3. The van der Waals surface area contributed by atoms with E-state index in [2.05, 4.69) is 29.0 Å². The number of amides is 2. The average Bonchev–Trinajstić information content (AvgIpc) is 3.27. The van der Waals surface area contributed by atoms with Crippen LogP contribution in [0.2, 0.25) is 0 Å². The number of para-hydroxylation sites is 1. The minimum Gasteiger partial charge on any atom is -0.356 e. The number of aromatic nitrogens is 1. The summed E-state index contributed by atoms with van der Waals surface area (Å²) in [5.74, 6) is 0.814. The summed E-state index contributed by atoms with van der Waals surface area (Å²) < 4.78 is 0. The third kappa shape index (κ3) is 3.32. The first-order valence-electron chi connectivity index (χ1n) is 11.6. The van der Waals surface area contributed by atoms with Crippen LogP contribution in [0.4, 0.5) is 0 Å². The summed E-state index contributed by atoms with van der Waals surface area (Å²) in [6, 6.07) is 11.7. The predicted molar refractivity (Wildman–Crippen MR) is 121 cm³/mol. The molecule has 164 valence electrons. The molecule has 2 spiro atoms. The average molecular weight is 421 g/mol. The Morgan fingerprint density at radius 2 is 1.87 bits per heavy atom. The molecule has 3 aliphatic heterocycles. The van der Waals surface area contributed by atoms with E-state index in [1.165, 1.54) is 0 Å². The molecule has 2 amide bonds. The summed E-state index contributed by atoms with van der Waals surface area (Å²) in [4.78, 5) is 35.3. The third-order valence-corrected chi connectivity index (χ3v) is 7.76. The van der Waals surface area contributed by atoms with Crippen molar-refractivity contribution in [1.29, 1.82) is 0 Å². The number of rotatable bonds is 3. The molecular formula is C25H32N4O2. The molecule has 3 saturated heterocycles. The maximum absolute atomic E-state index is 13.2. The number of benzene rings is 1. The molecule has 31 heavy (non-hydrogen) atoms. The molecule has 3 fully saturated rings. The van der Waals surface area contributed by atoms with Crippen molar-refractivity contribution in [3.8, 4) is 0 Å². The first-order chi connectivity index (χ1) is 14.9. The van der Waals surface area contributed by atoms with Gasteiger partial charge in [-0.3, -0.25) is 9.59 Å². The van der Waals surface area contributed by atoms with Crippen molar-refractivity contribution >= 4 is 22.7 Å². The Morgan fingerprint density at radius 3 is 2.58 bits per heavy atom. The van der Waals surface area contributed by atoms with Gasteiger partial charge in [-0.2, -0.15) is 0 Å². The lowest BCUT2D eigenvalue weighted by molar-refractivity contribution is -0.133. The van der Waals surface area contributed by atoms with Crippen LogP contribution in [0, 0.1) is 16.7 Å². The highest BCUT2D eigenvalue weighted by molar-refractivity contribution is 5.95. The number of carbonyl (C=O) groups excluding carboxylic acids is 2. The molecule has 4 heterocycles. The van der Waals surface area contributed by atoms with Crippen LogP contribution in [0.1, 0.15) is 43.6 Å². The van der Waals surface area contributed by atoms with Gasteiger partial charge >= 0.3 is 0 Å². The van der Waals surface area contributed by atoms with Crippen LogP contribution in [0.5, 0.6) is 0 Å². The van der Waals surface area contributed by atoms with Gasteiger partial charge in [-0.15, -0.1) is 0 Å². The minimum absolute atomic E-state index is 0.00237. The summed E-state index contributed by atoms with van der Waals surface area (Å²) in [5, 5.41) is 4.16. The SMILES string of the molecule is CC(C)CN1CC2(CCN(C(=O)c3ccc4ccccc4n3)CC2)[C@@]2(CCNC2=O)C1. The fourth-order valence-corrected chi connectivity index (χ4v) is 6.28. The van der Waals surface area contributed by atoms with E-state index in [0.29, 0.717) is 24.7 Å². The van der Waals surface area contributed by atoms with Gasteiger partial charge in [0.25, 0.3) is 5.91 Å². The topological polar surface area (TPSA) is 65.5 Å². The number of nitrogens with one attached hydrogen (secondary N) is 1. The summed E-state index contributed by atoms with van der Waals surface area (Å²) in [5.41, 5.74) is 1.04. The Hall–Kier alpha value is -2.47. The number of likely N-dealkylation sites (tertiary alicyclic amines) is 2. The minimum atomic E-state index is -0.293. The highest BCUT2D eigenvalue weighted by Crippen LogP contribution is 2.56. The largest absolute Gasteiger partial charge is 0.356 e. The van der Waals surface area contributed by atoms with Crippen molar-refractivity contribution < 1.29 is 9.59 Å². The molecule has 6 heteroatoms. The molecule has 1 atom stereocenters. The van der Waals surface area contributed by atoms with Gasteiger partial charge in [0, 0.05) is 50.1 Å². The van der Waals surface area contributed by atoms with Crippen molar-refractivity contribution in [3.63, 3.8) is 0 Å². The van der Waals surface area contributed by atoms with Crippen molar-refractivity contribution in [2.24, 2.45) is 16.7 Å². The summed E-state index contributed by atoms with van der Waals surface area (Å²) in [6.45, 7) is 9.50. The van der Waals surface area contributed by atoms with Gasteiger partial charge < -0.3 is 15.1 Å². The lowest BCUT2D eigenvalue weighted by atomic mass is 9.60. The van der Waals surface area contributed by atoms with E-state index < -0.39 is 0 Å². The molecule has 1 aromatic heterocycles. The van der Waals surface area contributed by atoms with Gasteiger partial charge in [0.1, 0.15) is 5.69 Å². The maximum atomic E-state index is 13.2. The van der Waals surface area contributed by atoms with Crippen LogP contribution in [-0.2, 0) is 4.79 Å². The van der Waals surface area contributed by atoms with Crippen molar-refractivity contribution in [1.82, 2.24) is 20.1 Å². The molecule has 1 N–H and O–H groups in total. The monoisotopic (exact) mass is 420 g/mol. The fourth-order valence-electron chi connectivity index (χ4n) is 6.28. The van der Waals surface area contributed by atoms with Gasteiger partial charge in [0.05, 0.1) is 10.9 Å². The Morgan fingerprint density at radius 1 is 1.10 bits per heavy atom. The van der Waals surface area contributed by atoms with E-state index in [1.54, 1.807) is 0 Å². The molecule has 5 rings (SSSR count). The second kappa shape index (κ2) is 7.59. The van der Waals surface area contributed by atoms with Gasteiger partial charge in [0.2, 0.25) is 5.91 Å².